The number of hydrogen-bond donors (Lipinski definition) is 0. The zero-order valence-corrected chi connectivity index (χ0v) is 19.9. The molecule has 5 rings (SSSR count). The fraction of sp³-hybridized carbons (Fsp3) is 0.231. The maximum Gasteiger partial charge on any atom is 0.271 e. The Labute approximate surface area is 207 Å². The number of nitrogens with zero attached hydrogens (tertiary/aromatic N) is 4. The van der Waals surface area contributed by atoms with Gasteiger partial charge in [-0.25, -0.2) is 9.96 Å². The minimum atomic E-state index is -1.07. The minimum absolute atomic E-state index is 0.118. The van der Waals surface area contributed by atoms with Gasteiger partial charge in [-0.05, 0) is 48.0 Å². The highest BCUT2D eigenvalue weighted by Gasteiger charge is 2.60. The standard InChI is InChI=1S/C26H24N4O6/c1-27(2)17-9-7-16(8-10-17)23-22-24(36-29(23)19-5-4-6-20(15-19)30(33)34)26(32)28(25(22)31)18-11-13-21(35-3)14-12-18/h4-15,22-24H,1-3H3/t22-,23-,24-/m1/s1. The number of rotatable bonds is 6. The van der Waals surface area contributed by atoms with Crippen LogP contribution in [0.3, 0.4) is 0 Å². The summed E-state index contributed by atoms with van der Waals surface area (Å²) >= 11 is 0. The van der Waals surface area contributed by atoms with Crippen molar-refractivity contribution < 1.29 is 24.1 Å². The van der Waals surface area contributed by atoms with Crippen molar-refractivity contribution in [1.29, 1.82) is 0 Å². The number of amides is 2. The molecular formula is C26H24N4O6. The number of nitro groups is 1. The summed E-state index contributed by atoms with van der Waals surface area (Å²) in [4.78, 5) is 47.2. The molecule has 3 aromatic carbocycles. The van der Waals surface area contributed by atoms with Crippen molar-refractivity contribution in [3.05, 3.63) is 88.5 Å². The lowest BCUT2D eigenvalue weighted by molar-refractivity contribution is -0.384. The van der Waals surface area contributed by atoms with Gasteiger partial charge in [-0.2, -0.15) is 0 Å². The van der Waals surface area contributed by atoms with E-state index in [1.807, 2.05) is 43.3 Å². The highest BCUT2D eigenvalue weighted by molar-refractivity contribution is 6.23. The van der Waals surface area contributed by atoms with Crippen LogP contribution in [-0.4, -0.2) is 44.0 Å². The van der Waals surface area contributed by atoms with Crippen molar-refractivity contribution in [2.24, 2.45) is 5.92 Å². The Morgan fingerprint density at radius 2 is 1.64 bits per heavy atom. The fourth-order valence-electron chi connectivity index (χ4n) is 4.68. The maximum absolute atomic E-state index is 13.7. The van der Waals surface area contributed by atoms with Gasteiger partial charge in [0, 0.05) is 31.9 Å². The van der Waals surface area contributed by atoms with Crippen molar-refractivity contribution in [2.45, 2.75) is 12.1 Å². The quantitative estimate of drug-likeness (QED) is 0.294. The number of fused-ring (bicyclic) bond motifs is 1. The third-order valence-electron chi connectivity index (χ3n) is 6.49. The first-order valence-electron chi connectivity index (χ1n) is 11.3. The fourth-order valence-corrected chi connectivity index (χ4v) is 4.68. The molecule has 0 aliphatic carbocycles. The molecule has 2 saturated heterocycles. The molecule has 3 aromatic rings. The highest BCUT2D eigenvalue weighted by Crippen LogP contribution is 2.48. The lowest BCUT2D eigenvalue weighted by atomic mass is 9.90. The predicted molar refractivity (Wildman–Crippen MR) is 133 cm³/mol. The van der Waals surface area contributed by atoms with E-state index >= 15 is 0 Å². The molecule has 3 atom stereocenters. The van der Waals surface area contributed by atoms with Crippen molar-refractivity contribution in [3.8, 4) is 5.75 Å². The largest absolute Gasteiger partial charge is 0.497 e. The van der Waals surface area contributed by atoms with Crippen LogP contribution in [0.2, 0.25) is 0 Å². The monoisotopic (exact) mass is 488 g/mol. The summed E-state index contributed by atoms with van der Waals surface area (Å²) in [7, 11) is 5.38. The summed E-state index contributed by atoms with van der Waals surface area (Å²) in [5.74, 6) is -1.13. The normalized spacial score (nSPS) is 21.0. The Morgan fingerprint density at radius 3 is 2.25 bits per heavy atom. The molecule has 184 valence electrons. The molecule has 0 N–H and O–H groups in total. The second-order valence-electron chi connectivity index (χ2n) is 8.80. The summed E-state index contributed by atoms with van der Waals surface area (Å²) in [5.41, 5.74) is 2.40. The molecule has 10 nitrogen and oxygen atoms in total. The third kappa shape index (κ3) is 3.81. The van der Waals surface area contributed by atoms with Crippen LogP contribution in [0.15, 0.2) is 72.8 Å². The summed E-state index contributed by atoms with van der Waals surface area (Å²) in [6, 6.07) is 19.5. The number of carbonyl (C=O) groups excluding carboxylic acids is 2. The van der Waals surface area contributed by atoms with Gasteiger partial charge in [-0.3, -0.25) is 24.5 Å². The average Bonchev–Trinajstić information content (AvgIpc) is 3.40. The number of ether oxygens (including phenoxy) is 1. The summed E-state index contributed by atoms with van der Waals surface area (Å²) in [6.45, 7) is 0. The van der Waals surface area contributed by atoms with Crippen LogP contribution < -0.4 is 19.6 Å². The van der Waals surface area contributed by atoms with Gasteiger partial charge in [0.1, 0.15) is 11.7 Å². The lowest BCUT2D eigenvalue weighted by Crippen LogP contribution is -2.37. The molecule has 0 aromatic heterocycles. The number of hydrogen-bond acceptors (Lipinski definition) is 8. The van der Waals surface area contributed by atoms with Crippen LogP contribution in [0.4, 0.5) is 22.7 Å². The van der Waals surface area contributed by atoms with E-state index < -0.39 is 34.8 Å². The Bertz CT molecular complexity index is 1330. The Hall–Kier alpha value is -4.44. The number of imide groups is 1. The average molecular weight is 489 g/mol. The van der Waals surface area contributed by atoms with E-state index in [0.29, 0.717) is 17.1 Å². The smallest absolute Gasteiger partial charge is 0.271 e. The predicted octanol–water partition coefficient (Wildman–Crippen LogP) is 3.72. The number of benzene rings is 3. The Morgan fingerprint density at radius 1 is 0.944 bits per heavy atom. The molecule has 10 heteroatoms. The van der Waals surface area contributed by atoms with E-state index in [1.54, 1.807) is 36.4 Å². The lowest BCUT2D eigenvalue weighted by Gasteiger charge is -2.29. The van der Waals surface area contributed by atoms with Crippen LogP contribution in [0.1, 0.15) is 11.6 Å². The first-order valence-corrected chi connectivity index (χ1v) is 11.3. The van der Waals surface area contributed by atoms with Crippen LogP contribution >= 0.6 is 0 Å². The van der Waals surface area contributed by atoms with Crippen molar-refractivity contribution in [1.82, 2.24) is 0 Å². The zero-order valence-electron chi connectivity index (χ0n) is 19.9. The molecule has 0 saturated carbocycles. The van der Waals surface area contributed by atoms with Crippen LogP contribution in [0.5, 0.6) is 5.75 Å². The van der Waals surface area contributed by atoms with Gasteiger partial charge < -0.3 is 9.64 Å². The van der Waals surface area contributed by atoms with Gasteiger partial charge in [0.05, 0.1) is 29.4 Å². The number of hydroxylamine groups is 1. The molecule has 0 spiro atoms. The van der Waals surface area contributed by atoms with Gasteiger partial charge in [0.15, 0.2) is 6.10 Å². The maximum atomic E-state index is 13.7. The molecule has 0 bridgehead atoms. The Kier molecular flexibility index (Phi) is 5.81. The third-order valence-corrected chi connectivity index (χ3v) is 6.49. The van der Waals surface area contributed by atoms with Gasteiger partial charge in [-0.1, -0.05) is 18.2 Å². The number of anilines is 3. The second-order valence-corrected chi connectivity index (χ2v) is 8.80. The van der Waals surface area contributed by atoms with E-state index in [1.165, 1.54) is 24.3 Å². The van der Waals surface area contributed by atoms with Crippen molar-refractivity contribution in [2.75, 3.05) is 36.1 Å². The number of methoxy groups -OCH3 is 1. The first kappa shape index (κ1) is 23.3. The van der Waals surface area contributed by atoms with Crippen molar-refractivity contribution in [3.63, 3.8) is 0 Å². The molecule has 0 unspecified atom stereocenters. The van der Waals surface area contributed by atoms with E-state index in [4.69, 9.17) is 9.57 Å². The van der Waals surface area contributed by atoms with Gasteiger partial charge in [-0.15, -0.1) is 0 Å². The topological polar surface area (TPSA) is 105 Å². The molecule has 36 heavy (non-hydrogen) atoms. The van der Waals surface area contributed by atoms with E-state index in [2.05, 4.69) is 0 Å². The van der Waals surface area contributed by atoms with E-state index in [0.717, 1.165) is 16.2 Å². The molecule has 2 fully saturated rings. The molecular weight excluding hydrogens is 464 g/mol. The van der Waals surface area contributed by atoms with Crippen molar-refractivity contribution >= 4 is 34.6 Å². The van der Waals surface area contributed by atoms with Crippen LogP contribution in [0, 0.1) is 16.0 Å². The Balaban J connectivity index is 1.57. The number of non-ortho nitro benzene ring substituents is 1. The summed E-state index contributed by atoms with van der Waals surface area (Å²) < 4.78 is 5.18. The van der Waals surface area contributed by atoms with Crippen LogP contribution in [0.25, 0.3) is 0 Å². The van der Waals surface area contributed by atoms with Crippen LogP contribution in [-0.2, 0) is 14.4 Å². The molecule has 2 aliphatic heterocycles. The summed E-state index contributed by atoms with van der Waals surface area (Å²) in [5, 5.41) is 12.8. The molecule has 2 amide bonds. The zero-order chi connectivity index (χ0) is 25.6. The SMILES string of the molecule is COc1ccc(N2C(=O)[C@@H]3[C@@H](c4ccc(N(C)C)cc4)N(c4cccc([N+](=O)[O-])c4)O[C@H]3C2=O)cc1. The van der Waals surface area contributed by atoms with Gasteiger partial charge in [0.2, 0.25) is 5.91 Å². The highest BCUT2D eigenvalue weighted by atomic mass is 16.7. The molecule has 0 radical (unpaired) electrons. The second kappa shape index (κ2) is 8.97. The minimum Gasteiger partial charge on any atom is -0.497 e. The van der Waals surface area contributed by atoms with E-state index in [9.17, 15) is 19.7 Å². The van der Waals surface area contributed by atoms with Gasteiger partial charge in [0.25, 0.3) is 11.6 Å². The van der Waals surface area contributed by atoms with E-state index in [-0.39, 0.29) is 5.69 Å². The first-order chi connectivity index (χ1) is 17.3. The number of nitro benzene ring substituents is 1. The summed E-state index contributed by atoms with van der Waals surface area (Å²) in [6.07, 6.45) is -1.07. The number of carbonyl (C=O) groups is 2. The van der Waals surface area contributed by atoms with Gasteiger partial charge >= 0.3 is 0 Å². The molecule has 2 aliphatic rings. The molecule has 2 heterocycles.